The van der Waals surface area contributed by atoms with Gasteiger partial charge < -0.3 is 4.90 Å². The molecule has 1 aliphatic heterocycles. The highest BCUT2D eigenvalue weighted by Crippen LogP contribution is 2.23. The Bertz CT molecular complexity index is 498. The summed E-state index contributed by atoms with van der Waals surface area (Å²) in [5, 5.41) is 3.19. The number of aromatic nitrogens is 2. The fraction of sp³-hybridized carbons (Fsp3) is 0.385. The molecule has 1 fully saturated rings. The Kier molecular flexibility index (Phi) is 2.81. The normalized spacial score (nSPS) is 15.5. The molecule has 0 spiro atoms. The van der Waals surface area contributed by atoms with Gasteiger partial charge >= 0.3 is 0 Å². The summed E-state index contributed by atoms with van der Waals surface area (Å²) >= 11 is 1.68. The Morgan fingerprint density at radius 2 is 2.06 bits per heavy atom. The van der Waals surface area contributed by atoms with Crippen LogP contribution in [-0.4, -0.2) is 23.1 Å². The molecule has 0 aromatic carbocycles. The zero-order chi connectivity index (χ0) is 11.7. The van der Waals surface area contributed by atoms with E-state index in [2.05, 4.69) is 32.4 Å². The monoisotopic (exact) mass is 245 g/mol. The van der Waals surface area contributed by atoms with Crippen LogP contribution in [0.1, 0.15) is 17.8 Å². The number of nitrogens with zero attached hydrogens (tertiary/aromatic N) is 3. The summed E-state index contributed by atoms with van der Waals surface area (Å²) in [6.07, 6.45) is 4.51. The topological polar surface area (TPSA) is 29.0 Å². The van der Waals surface area contributed by atoms with Crippen LogP contribution in [-0.2, 0) is 0 Å². The van der Waals surface area contributed by atoms with Gasteiger partial charge in [0.25, 0.3) is 0 Å². The molecule has 2 aromatic rings. The van der Waals surface area contributed by atoms with Gasteiger partial charge in [-0.15, -0.1) is 11.3 Å². The van der Waals surface area contributed by atoms with Crippen molar-refractivity contribution >= 4 is 17.2 Å². The summed E-state index contributed by atoms with van der Waals surface area (Å²) in [7, 11) is 0. The molecule has 1 saturated heterocycles. The average molecular weight is 245 g/mol. The van der Waals surface area contributed by atoms with Gasteiger partial charge in [-0.25, -0.2) is 9.97 Å². The van der Waals surface area contributed by atoms with Crippen molar-refractivity contribution in [1.82, 2.24) is 9.97 Å². The zero-order valence-electron chi connectivity index (χ0n) is 9.89. The third-order valence-electron chi connectivity index (χ3n) is 3.09. The minimum absolute atomic E-state index is 1.04. The van der Waals surface area contributed by atoms with E-state index in [0.717, 1.165) is 35.2 Å². The SMILES string of the molecule is Cc1nc(-c2ccc(N3CCCC3)nc2)cs1. The molecule has 0 unspecified atom stereocenters. The van der Waals surface area contributed by atoms with Crippen LogP contribution in [0.5, 0.6) is 0 Å². The van der Waals surface area contributed by atoms with Crippen molar-refractivity contribution in [2.75, 3.05) is 18.0 Å². The first-order valence-electron chi connectivity index (χ1n) is 5.96. The van der Waals surface area contributed by atoms with Gasteiger partial charge in [0.1, 0.15) is 5.82 Å². The van der Waals surface area contributed by atoms with Gasteiger partial charge in [-0.2, -0.15) is 0 Å². The van der Waals surface area contributed by atoms with Crippen LogP contribution in [0.2, 0.25) is 0 Å². The maximum atomic E-state index is 4.54. The van der Waals surface area contributed by atoms with Crippen LogP contribution in [0.25, 0.3) is 11.3 Å². The van der Waals surface area contributed by atoms with Crippen LogP contribution in [0.3, 0.4) is 0 Å². The third-order valence-corrected chi connectivity index (χ3v) is 3.87. The first-order valence-corrected chi connectivity index (χ1v) is 6.84. The molecule has 88 valence electrons. The Hall–Kier alpha value is -1.42. The molecular weight excluding hydrogens is 230 g/mol. The van der Waals surface area contributed by atoms with Gasteiger partial charge in [0.2, 0.25) is 0 Å². The van der Waals surface area contributed by atoms with Crippen molar-refractivity contribution in [3.63, 3.8) is 0 Å². The van der Waals surface area contributed by atoms with Crippen molar-refractivity contribution in [3.8, 4) is 11.3 Å². The summed E-state index contributed by atoms with van der Waals surface area (Å²) in [5.74, 6) is 1.10. The predicted octanol–water partition coefficient (Wildman–Crippen LogP) is 3.11. The summed E-state index contributed by atoms with van der Waals surface area (Å²) in [4.78, 5) is 11.4. The summed E-state index contributed by atoms with van der Waals surface area (Å²) < 4.78 is 0. The number of pyridine rings is 1. The van der Waals surface area contributed by atoms with Crippen LogP contribution < -0.4 is 4.90 Å². The molecule has 0 amide bonds. The molecule has 2 aromatic heterocycles. The second-order valence-corrected chi connectivity index (χ2v) is 5.41. The van der Waals surface area contributed by atoms with Crippen LogP contribution in [0, 0.1) is 6.92 Å². The smallest absolute Gasteiger partial charge is 0.128 e. The van der Waals surface area contributed by atoms with Crippen molar-refractivity contribution in [2.24, 2.45) is 0 Å². The number of anilines is 1. The van der Waals surface area contributed by atoms with Gasteiger partial charge in [-0.1, -0.05) is 0 Å². The molecule has 0 radical (unpaired) electrons. The highest BCUT2D eigenvalue weighted by molar-refractivity contribution is 7.09. The van der Waals surface area contributed by atoms with E-state index in [1.165, 1.54) is 12.8 Å². The number of rotatable bonds is 2. The molecule has 4 heteroatoms. The number of aryl methyl sites for hydroxylation is 1. The van der Waals surface area contributed by atoms with Gasteiger partial charge in [0.15, 0.2) is 0 Å². The lowest BCUT2D eigenvalue weighted by Crippen LogP contribution is -2.18. The minimum atomic E-state index is 1.04. The van der Waals surface area contributed by atoms with Crippen molar-refractivity contribution < 1.29 is 0 Å². The maximum Gasteiger partial charge on any atom is 0.128 e. The molecular formula is C13H15N3S. The number of hydrogen-bond acceptors (Lipinski definition) is 4. The second kappa shape index (κ2) is 4.45. The van der Waals surface area contributed by atoms with E-state index in [0.29, 0.717) is 0 Å². The number of hydrogen-bond donors (Lipinski definition) is 0. The van der Waals surface area contributed by atoms with Gasteiger partial charge in [-0.05, 0) is 31.9 Å². The van der Waals surface area contributed by atoms with Crippen molar-refractivity contribution in [1.29, 1.82) is 0 Å². The lowest BCUT2D eigenvalue weighted by molar-refractivity contribution is 0.938. The van der Waals surface area contributed by atoms with Crippen LogP contribution in [0.4, 0.5) is 5.82 Å². The first-order chi connectivity index (χ1) is 8.33. The molecule has 3 nitrogen and oxygen atoms in total. The summed E-state index contributed by atoms with van der Waals surface area (Å²) in [6, 6.07) is 4.23. The molecule has 0 bridgehead atoms. The molecule has 0 saturated carbocycles. The van der Waals surface area contributed by atoms with E-state index in [4.69, 9.17) is 0 Å². The van der Waals surface area contributed by atoms with Crippen LogP contribution in [0.15, 0.2) is 23.7 Å². The second-order valence-electron chi connectivity index (χ2n) is 4.35. The van der Waals surface area contributed by atoms with Gasteiger partial charge in [0, 0.05) is 30.2 Å². The lowest BCUT2D eigenvalue weighted by Gasteiger charge is -2.15. The lowest BCUT2D eigenvalue weighted by atomic mass is 10.2. The van der Waals surface area contributed by atoms with E-state index in [9.17, 15) is 0 Å². The van der Waals surface area contributed by atoms with Crippen molar-refractivity contribution in [3.05, 3.63) is 28.7 Å². The predicted molar refractivity (Wildman–Crippen MR) is 71.5 cm³/mol. The van der Waals surface area contributed by atoms with E-state index in [1.807, 2.05) is 13.1 Å². The quantitative estimate of drug-likeness (QED) is 0.814. The fourth-order valence-electron chi connectivity index (χ4n) is 2.17. The Labute approximate surface area is 105 Å². The van der Waals surface area contributed by atoms with Gasteiger partial charge in [0.05, 0.1) is 10.7 Å². The molecule has 1 aliphatic rings. The minimum Gasteiger partial charge on any atom is -0.357 e. The molecule has 17 heavy (non-hydrogen) atoms. The first kappa shape index (κ1) is 10.7. The zero-order valence-corrected chi connectivity index (χ0v) is 10.7. The molecule has 0 atom stereocenters. The Morgan fingerprint density at radius 1 is 1.24 bits per heavy atom. The standard InChI is InChI=1S/C13H15N3S/c1-10-15-12(9-17-10)11-4-5-13(14-8-11)16-6-2-3-7-16/h4-5,8-9H,2-3,6-7H2,1H3. The summed E-state index contributed by atoms with van der Waals surface area (Å²) in [6.45, 7) is 4.31. The highest BCUT2D eigenvalue weighted by atomic mass is 32.1. The molecule has 3 rings (SSSR count). The molecule has 3 heterocycles. The third kappa shape index (κ3) is 2.17. The van der Waals surface area contributed by atoms with E-state index in [1.54, 1.807) is 11.3 Å². The Morgan fingerprint density at radius 3 is 2.65 bits per heavy atom. The van der Waals surface area contributed by atoms with E-state index >= 15 is 0 Å². The fourth-order valence-corrected chi connectivity index (χ4v) is 2.79. The van der Waals surface area contributed by atoms with Crippen LogP contribution >= 0.6 is 11.3 Å². The number of thiazole rings is 1. The average Bonchev–Trinajstić information content (AvgIpc) is 3.00. The maximum absolute atomic E-state index is 4.54. The van der Waals surface area contributed by atoms with Crippen molar-refractivity contribution in [2.45, 2.75) is 19.8 Å². The summed E-state index contributed by atoms with van der Waals surface area (Å²) in [5.41, 5.74) is 2.14. The Balaban J connectivity index is 1.84. The van der Waals surface area contributed by atoms with E-state index < -0.39 is 0 Å². The van der Waals surface area contributed by atoms with E-state index in [-0.39, 0.29) is 0 Å². The largest absolute Gasteiger partial charge is 0.357 e. The van der Waals surface area contributed by atoms with Gasteiger partial charge in [-0.3, -0.25) is 0 Å². The molecule has 0 N–H and O–H groups in total. The highest BCUT2D eigenvalue weighted by Gasteiger charge is 2.13. The molecule has 0 aliphatic carbocycles.